The topological polar surface area (TPSA) is 41.9 Å². The predicted molar refractivity (Wildman–Crippen MR) is 77.5 cm³/mol. The SMILES string of the molecule is COc1ccc(C(N(C)C)C2(CO)COC2)cc1Br. The fourth-order valence-corrected chi connectivity index (χ4v) is 3.31. The Morgan fingerprint density at radius 3 is 2.53 bits per heavy atom. The van der Waals surface area contributed by atoms with Gasteiger partial charge in [0.05, 0.1) is 36.8 Å². The Kier molecular flexibility index (Phi) is 4.50. The van der Waals surface area contributed by atoms with Gasteiger partial charge in [0.25, 0.3) is 0 Å². The zero-order valence-electron chi connectivity index (χ0n) is 11.5. The summed E-state index contributed by atoms with van der Waals surface area (Å²) in [7, 11) is 5.70. The lowest BCUT2D eigenvalue weighted by Gasteiger charge is -2.48. The maximum Gasteiger partial charge on any atom is 0.133 e. The monoisotopic (exact) mass is 329 g/mol. The number of hydrogen-bond donors (Lipinski definition) is 1. The van der Waals surface area contributed by atoms with Gasteiger partial charge in [0.1, 0.15) is 5.75 Å². The van der Waals surface area contributed by atoms with Crippen LogP contribution in [0.4, 0.5) is 0 Å². The van der Waals surface area contributed by atoms with Crippen molar-refractivity contribution < 1.29 is 14.6 Å². The number of hydrogen-bond acceptors (Lipinski definition) is 4. The van der Waals surface area contributed by atoms with Crippen LogP contribution < -0.4 is 4.74 Å². The van der Waals surface area contributed by atoms with Crippen molar-refractivity contribution in [2.45, 2.75) is 6.04 Å². The first-order chi connectivity index (χ1) is 9.04. The number of aliphatic hydroxyl groups excluding tert-OH is 1. The molecule has 1 aliphatic rings. The first kappa shape index (κ1) is 14.8. The first-order valence-corrected chi connectivity index (χ1v) is 7.02. The van der Waals surface area contributed by atoms with Gasteiger partial charge in [-0.25, -0.2) is 0 Å². The molecule has 2 rings (SSSR count). The van der Waals surface area contributed by atoms with Gasteiger partial charge in [0, 0.05) is 6.04 Å². The van der Waals surface area contributed by atoms with Gasteiger partial charge in [0.2, 0.25) is 0 Å². The van der Waals surface area contributed by atoms with E-state index in [1.807, 2.05) is 26.2 Å². The molecule has 0 saturated carbocycles. The molecule has 1 heterocycles. The normalized spacial score (nSPS) is 19.1. The summed E-state index contributed by atoms with van der Waals surface area (Å²) >= 11 is 3.52. The average molecular weight is 330 g/mol. The highest BCUT2D eigenvalue weighted by molar-refractivity contribution is 9.10. The molecule has 0 radical (unpaired) electrons. The van der Waals surface area contributed by atoms with E-state index in [0.717, 1.165) is 15.8 Å². The Bertz CT molecular complexity index is 441. The maximum absolute atomic E-state index is 9.74. The molecule has 0 amide bonds. The van der Waals surface area contributed by atoms with Gasteiger partial charge in [-0.05, 0) is 47.7 Å². The molecule has 19 heavy (non-hydrogen) atoms. The van der Waals surface area contributed by atoms with Crippen molar-refractivity contribution in [1.82, 2.24) is 4.90 Å². The number of rotatable bonds is 5. The van der Waals surface area contributed by atoms with E-state index in [1.165, 1.54) is 0 Å². The summed E-state index contributed by atoms with van der Waals surface area (Å²) in [5.41, 5.74) is 0.937. The van der Waals surface area contributed by atoms with E-state index in [1.54, 1.807) is 7.11 Å². The molecule has 0 aromatic heterocycles. The zero-order chi connectivity index (χ0) is 14.0. The van der Waals surface area contributed by atoms with Gasteiger partial charge in [-0.1, -0.05) is 6.07 Å². The van der Waals surface area contributed by atoms with E-state index in [-0.39, 0.29) is 18.1 Å². The minimum Gasteiger partial charge on any atom is -0.496 e. The van der Waals surface area contributed by atoms with Crippen LogP contribution in [0.15, 0.2) is 22.7 Å². The van der Waals surface area contributed by atoms with Crippen LogP contribution in [0, 0.1) is 5.41 Å². The molecule has 1 aliphatic heterocycles. The predicted octanol–water partition coefficient (Wildman–Crippen LogP) is 2.07. The number of aliphatic hydroxyl groups is 1. The molecule has 5 heteroatoms. The molecule has 106 valence electrons. The van der Waals surface area contributed by atoms with Crippen molar-refractivity contribution in [1.29, 1.82) is 0 Å². The molecule has 1 unspecified atom stereocenters. The average Bonchev–Trinajstić information content (AvgIpc) is 2.33. The highest BCUT2D eigenvalue weighted by atomic mass is 79.9. The standard InChI is InChI=1S/C14H20BrNO3/c1-16(2)13(14(7-17)8-19-9-14)10-4-5-12(18-3)11(15)6-10/h4-6,13,17H,7-9H2,1-3H3. The Balaban J connectivity index is 2.37. The molecular formula is C14H20BrNO3. The van der Waals surface area contributed by atoms with Gasteiger partial charge < -0.3 is 19.5 Å². The molecule has 1 saturated heterocycles. The van der Waals surface area contributed by atoms with Crippen LogP contribution in [0.1, 0.15) is 11.6 Å². The Morgan fingerprint density at radius 2 is 2.16 bits per heavy atom. The molecule has 1 N–H and O–H groups in total. The molecule has 0 bridgehead atoms. The second-order valence-corrected chi connectivity index (χ2v) is 6.13. The van der Waals surface area contributed by atoms with Crippen LogP contribution in [0.25, 0.3) is 0 Å². The molecule has 1 aromatic carbocycles. The lowest BCUT2D eigenvalue weighted by molar-refractivity contribution is -0.172. The molecular weight excluding hydrogens is 310 g/mol. The van der Waals surface area contributed by atoms with Crippen LogP contribution in [-0.4, -0.2) is 51.0 Å². The third kappa shape index (κ3) is 2.65. The van der Waals surface area contributed by atoms with E-state index in [9.17, 15) is 5.11 Å². The number of halogens is 1. The maximum atomic E-state index is 9.74. The molecule has 1 aromatic rings. The summed E-state index contributed by atoms with van der Waals surface area (Å²) in [4.78, 5) is 2.13. The fraction of sp³-hybridized carbons (Fsp3) is 0.571. The molecule has 1 atom stereocenters. The van der Waals surface area contributed by atoms with Gasteiger partial charge in [-0.15, -0.1) is 0 Å². The van der Waals surface area contributed by atoms with Gasteiger partial charge >= 0.3 is 0 Å². The van der Waals surface area contributed by atoms with E-state index in [4.69, 9.17) is 9.47 Å². The fourth-order valence-electron chi connectivity index (χ4n) is 2.75. The summed E-state index contributed by atoms with van der Waals surface area (Å²) in [5.74, 6) is 0.809. The Labute approximate surface area is 122 Å². The van der Waals surface area contributed by atoms with Crippen molar-refractivity contribution in [2.75, 3.05) is 41.0 Å². The number of benzene rings is 1. The lowest BCUT2D eigenvalue weighted by atomic mass is 9.75. The number of methoxy groups -OCH3 is 1. The van der Waals surface area contributed by atoms with E-state index in [2.05, 4.69) is 26.9 Å². The molecule has 0 spiro atoms. The minimum atomic E-state index is -0.211. The van der Waals surface area contributed by atoms with Crippen molar-refractivity contribution in [3.63, 3.8) is 0 Å². The van der Waals surface area contributed by atoms with Gasteiger partial charge in [0.15, 0.2) is 0 Å². The minimum absolute atomic E-state index is 0.119. The van der Waals surface area contributed by atoms with Crippen molar-refractivity contribution in [2.24, 2.45) is 5.41 Å². The van der Waals surface area contributed by atoms with Crippen LogP contribution in [0.2, 0.25) is 0 Å². The van der Waals surface area contributed by atoms with Crippen molar-refractivity contribution in [3.05, 3.63) is 28.2 Å². The highest BCUT2D eigenvalue weighted by Gasteiger charge is 2.47. The third-order valence-electron chi connectivity index (χ3n) is 3.68. The summed E-state index contributed by atoms with van der Waals surface area (Å²) in [6, 6.07) is 6.16. The third-order valence-corrected chi connectivity index (χ3v) is 4.30. The van der Waals surface area contributed by atoms with Crippen molar-refractivity contribution in [3.8, 4) is 5.75 Å². The van der Waals surface area contributed by atoms with Gasteiger partial charge in [-0.3, -0.25) is 0 Å². The number of nitrogens with zero attached hydrogens (tertiary/aromatic N) is 1. The van der Waals surface area contributed by atoms with Crippen LogP contribution in [0.5, 0.6) is 5.75 Å². The Hall–Kier alpha value is -0.620. The molecule has 0 aliphatic carbocycles. The van der Waals surface area contributed by atoms with E-state index >= 15 is 0 Å². The van der Waals surface area contributed by atoms with E-state index in [0.29, 0.717) is 13.2 Å². The molecule has 4 nitrogen and oxygen atoms in total. The summed E-state index contributed by atoms with van der Waals surface area (Å²) in [6.07, 6.45) is 0. The highest BCUT2D eigenvalue weighted by Crippen LogP contribution is 2.44. The van der Waals surface area contributed by atoms with E-state index < -0.39 is 0 Å². The summed E-state index contributed by atoms with van der Waals surface area (Å²) < 4.78 is 11.5. The van der Waals surface area contributed by atoms with Crippen LogP contribution in [0.3, 0.4) is 0 Å². The first-order valence-electron chi connectivity index (χ1n) is 6.22. The van der Waals surface area contributed by atoms with Crippen LogP contribution in [-0.2, 0) is 4.74 Å². The quantitative estimate of drug-likeness (QED) is 0.898. The second kappa shape index (κ2) is 5.79. The molecule has 1 fully saturated rings. The zero-order valence-corrected chi connectivity index (χ0v) is 13.1. The smallest absolute Gasteiger partial charge is 0.133 e. The Morgan fingerprint density at radius 1 is 1.47 bits per heavy atom. The number of ether oxygens (including phenoxy) is 2. The second-order valence-electron chi connectivity index (χ2n) is 5.27. The summed E-state index contributed by atoms with van der Waals surface area (Å²) in [6.45, 7) is 1.31. The van der Waals surface area contributed by atoms with Gasteiger partial charge in [-0.2, -0.15) is 0 Å². The largest absolute Gasteiger partial charge is 0.496 e. The van der Waals surface area contributed by atoms with Crippen molar-refractivity contribution >= 4 is 15.9 Å². The lowest BCUT2D eigenvalue weighted by Crippen LogP contribution is -2.53. The summed E-state index contributed by atoms with van der Waals surface area (Å²) in [5, 5.41) is 9.74. The van der Waals surface area contributed by atoms with Crippen LogP contribution >= 0.6 is 15.9 Å².